The van der Waals surface area contributed by atoms with E-state index in [0.29, 0.717) is 11.5 Å². The van der Waals surface area contributed by atoms with Crippen molar-refractivity contribution in [2.45, 2.75) is 12.8 Å². The van der Waals surface area contributed by atoms with Crippen LogP contribution >= 0.6 is 0 Å². The highest BCUT2D eigenvalue weighted by molar-refractivity contribution is 7.92. The van der Waals surface area contributed by atoms with Gasteiger partial charge in [0.1, 0.15) is 0 Å². The summed E-state index contributed by atoms with van der Waals surface area (Å²) in [5, 5.41) is 3.13. The number of hydrogen-bond donors (Lipinski definition) is 1. The number of nitrogens with one attached hydrogen (secondary N) is 1. The molecule has 1 aliphatic heterocycles. The van der Waals surface area contributed by atoms with Crippen LogP contribution in [-0.4, -0.2) is 33.5 Å². The van der Waals surface area contributed by atoms with Gasteiger partial charge in [0.25, 0.3) is 0 Å². The SMILES string of the molecule is CNCC1CC2(C1)CS(=O)(=O)C2. The van der Waals surface area contributed by atoms with Crippen LogP contribution in [0.1, 0.15) is 12.8 Å². The van der Waals surface area contributed by atoms with Crippen LogP contribution < -0.4 is 5.32 Å². The van der Waals surface area contributed by atoms with Gasteiger partial charge in [0, 0.05) is 0 Å². The summed E-state index contributed by atoms with van der Waals surface area (Å²) in [4.78, 5) is 0. The molecule has 12 heavy (non-hydrogen) atoms. The van der Waals surface area contributed by atoms with Crippen LogP contribution in [0.4, 0.5) is 0 Å². The van der Waals surface area contributed by atoms with Gasteiger partial charge in [0.2, 0.25) is 0 Å². The summed E-state index contributed by atoms with van der Waals surface area (Å²) in [5.74, 6) is 1.64. The third kappa shape index (κ3) is 1.27. The Balaban J connectivity index is 1.83. The first kappa shape index (κ1) is 8.51. The van der Waals surface area contributed by atoms with Crippen LogP contribution in [-0.2, 0) is 9.84 Å². The molecule has 0 aromatic heterocycles. The number of sulfone groups is 1. The summed E-state index contributed by atoms with van der Waals surface area (Å²) < 4.78 is 21.9. The van der Waals surface area contributed by atoms with E-state index in [2.05, 4.69) is 5.32 Å². The maximum atomic E-state index is 10.9. The largest absolute Gasteiger partial charge is 0.319 e. The van der Waals surface area contributed by atoms with E-state index in [0.717, 1.165) is 25.3 Å². The minimum absolute atomic E-state index is 0.223. The molecule has 2 aliphatic rings. The van der Waals surface area contributed by atoms with Crippen LogP contribution in [0.5, 0.6) is 0 Å². The number of hydrogen-bond acceptors (Lipinski definition) is 3. The Bertz CT molecular complexity index is 263. The van der Waals surface area contributed by atoms with Crippen molar-refractivity contribution in [3.8, 4) is 0 Å². The molecule has 1 aliphatic carbocycles. The zero-order valence-corrected chi connectivity index (χ0v) is 8.15. The standard InChI is InChI=1S/C8H15NO2S/c1-9-4-7-2-8(3-7)5-12(10,11)6-8/h7,9H,2-6H2,1H3. The maximum absolute atomic E-state index is 10.9. The minimum Gasteiger partial charge on any atom is -0.319 e. The van der Waals surface area contributed by atoms with E-state index in [1.807, 2.05) is 7.05 Å². The van der Waals surface area contributed by atoms with Gasteiger partial charge in [-0.1, -0.05) is 0 Å². The molecule has 0 radical (unpaired) electrons. The molecule has 1 saturated heterocycles. The lowest BCUT2D eigenvalue weighted by Gasteiger charge is -2.53. The highest BCUT2D eigenvalue weighted by atomic mass is 32.2. The first-order chi connectivity index (χ1) is 5.55. The van der Waals surface area contributed by atoms with E-state index in [9.17, 15) is 8.42 Å². The van der Waals surface area contributed by atoms with Gasteiger partial charge >= 0.3 is 0 Å². The van der Waals surface area contributed by atoms with E-state index in [4.69, 9.17) is 0 Å². The fourth-order valence-corrected chi connectivity index (χ4v) is 4.98. The topological polar surface area (TPSA) is 46.2 Å². The Kier molecular flexibility index (Phi) is 1.74. The summed E-state index contributed by atoms with van der Waals surface area (Å²) in [7, 11) is -0.662. The molecule has 3 nitrogen and oxygen atoms in total. The first-order valence-electron chi connectivity index (χ1n) is 4.40. The fourth-order valence-electron chi connectivity index (χ4n) is 2.72. The third-order valence-corrected chi connectivity index (χ3v) is 5.09. The Morgan fingerprint density at radius 1 is 1.42 bits per heavy atom. The summed E-state index contributed by atoms with van der Waals surface area (Å²) in [6.45, 7) is 1.04. The van der Waals surface area contributed by atoms with Crippen molar-refractivity contribution in [1.29, 1.82) is 0 Å². The smallest absolute Gasteiger partial charge is 0.151 e. The molecule has 0 amide bonds. The van der Waals surface area contributed by atoms with Crippen LogP contribution in [0, 0.1) is 11.3 Å². The summed E-state index contributed by atoms with van der Waals surface area (Å²) in [5.41, 5.74) is 0.223. The fraction of sp³-hybridized carbons (Fsp3) is 1.00. The molecule has 2 rings (SSSR count). The molecule has 1 spiro atoms. The van der Waals surface area contributed by atoms with Crippen LogP contribution in [0.2, 0.25) is 0 Å². The number of rotatable bonds is 2. The molecule has 0 bridgehead atoms. The van der Waals surface area contributed by atoms with Crippen LogP contribution in [0.15, 0.2) is 0 Å². The average molecular weight is 189 g/mol. The lowest BCUT2D eigenvalue weighted by atomic mass is 9.63. The molecule has 4 heteroatoms. The molecule has 0 atom stereocenters. The summed E-state index contributed by atoms with van der Waals surface area (Å²) in [6, 6.07) is 0. The second-order valence-electron chi connectivity index (χ2n) is 4.36. The van der Waals surface area contributed by atoms with E-state index in [-0.39, 0.29) is 5.41 Å². The molecule has 0 aromatic carbocycles. The molecule has 1 N–H and O–H groups in total. The monoisotopic (exact) mass is 189 g/mol. The van der Waals surface area contributed by atoms with Crippen molar-refractivity contribution in [1.82, 2.24) is 5.32 Å². The Labute approximate surface area is 73.5 Å². The van der Waals surface area contributed by atoms with Crippen LogP contribution in [0.25, 0.3) is 0 Å². The highest BCUT2D eigenvalue weighted by Gasteiger charge is 2.55. The molecule has 0 unspecified atom stereocenters. The predicted octanol–water partition coefficient (Wildman–Crippen LogP) is 0.0306. The van der Waals surface area contributed by atoms with Crippen molar-refractivity contribution in [2.24, 2.45) is 11.3 Å². The van der Waals surface area contributed by atoms with Crippen molar-refractivity contribution in [3.63, 3.8) is 0 Å². The lowest BCUT2D eigenvalue weighted by Crippen LogP contribution is -2.57. The van der Waals surface area contributed by atoms with Crippen molar-refractivity contribution < 1.29 is 8.42 Å². The zero-order chi connectivity index (χ0) is 8.82. The molecule has 1 heterocycles. The van der Waals surface area contributed by atoms with Gasteiger partial charge in [-0.25, -0.2) is 8.42 Å². The van der Waals surface area contributed by atoms with E-state index >= 15 is 0 Å². The molecular formula is C8H15NO2S. The van der Waals surface area contributed by atoms with Gasteiger partial charge in [0.15, 0.2) is 9.84 Å². The molecule has 70 valence electrons. The Morgan fingerprint density at radius 2 is 2.00 bits per heavy atom. The third-order valence-electron chi connectivity index (χ3n) is 2.99. The van der Waals surface area contributed by atoms with E-state index < -0.39 is 9.84 Å². The second kappa shape index (κ2) is 2.45. The van der Waals surface area contributed by atoms with Crippen LogP contribution in [0.3, 0.4) is 0 Å². The average Bonchev–Trinajstić information content (AvgIpc) is 1.80. The van der Waals surface area contributed by atoms with Gasteiger partial charge in [-0.3, -0.25) is 0 Å². The normalized spacial score (nSPS) is 31.1. The van der Waals surface area contributed by atoms with Gasteiger partial charge in [-0.15, -0.1) is 0 Å². The molecule has 2 fully saturated rings. The van der Waals surface area contributed by atoms with Gasteiger partial charge in [0.05, 0.1) is 11.5 Å². The molecule has 1 saturated carbocycles. The summed E-state index contributed by atoms with van der Waals surface area (Å²) >= 11 is 0. The van der Waals surface area contributed by atoms with Crippen molar-refractivity contribution in [3.05, 3.63) is 0 Å². The van der Waals surface area contributed by atoms with Gasteiger partial charge < -0.3 is 5.32 Å². The highest BCUT2D eigenvalue weighted by Crippen LogP contribution is 2.52. The van der Waals surface area contributed by atoms with E-state index in [1.54, 1.807) is 0 Å². The minimum atomic E-state index is -2.61. The Morgan fingerprint density at radius 3 is 2.42 bits per heavy atom. The zero-order valence-electron chi connectivity index (χ0n) is 7.34. The lowest BCUT2D eigenvalue weighted by molar-refractivity contribution is 0.0878. The molecular weight excluding hydrogens is 174 g/mol. The van der Waals surface area contributed by atoms with E-state index in [1.165, 1.54) is 0 Å². The van der Waals surface area contributed by atoms with Crippen molar-refractivity contribution >= 4 is 9.84 Å². The Hall–Kier alpha value is -0.0900. The van der Waals surface area contributed by atoms with Gasteiger partial charge in [-0.2, -0.15) is 0 Å². The second-order valence-corrected chi connectivity index (χ2v) is 6.43. The summed E-state index contributed by atoms with van der Waals surface area (Å²) in [6.07, 6.45) is 2.24. The quantitative estimate of drug-likeness (QED) is 0.666. The van der Waals surface area contributed by atoms with Gasteiger partial charge in [-0.05, 0) is 37.8 Å². The maximum Gasteiger partial charge on any atom is 0.151 e. The van der Waals surface area contributed by atoms with Crippen molar-refractivity contribution in [2.75, 3.05) is 25.1 Å². The molecule has 0 aromatic rings. The first-order valence-corrected chi connectivity index (χ1v) is 6.22. The predicted molar refractivity (Wildman–Crippen MR) is 47.7 cm³/mol.